The van der Waals surface area contributed by atoms with E-state index in [1.165, 1.54) is 18.2 Å². The largest absolute Gasteiger partial charge is 0.507 e. The van der Waals surface area contributed by atoms with Crippen LogP contribution in [0.1, 0.15) is 56.7 Å². The molecule has 0 aromatic heterocycles. The van der Waals surface area contributed by atoms with E-state index in [2.05, 4.69) is 0 Å². The third kappa shape index (κ3) is 2.25. The second kappa shape index (κ2) is 5.76. The first-order valence-corrected chi connectivity index (χ1v) is 8.67. The number of rotatable bonds is 1. The number of hydrogen-bond acceptors (Lipinski definition) is 6. The summed E-state index contributed by atoms with van der Waals surface area (Å²) in [5.74, 6) is -2.00. The van der Waals surface area contributed by atoms with E-state index in [0.29, 0.717) is 18.7 Å². The highest BCUT2D eigenvalue weighted by Crippen LogP contribution is 2.46. The van der Waals surface area contributed by atoms with Crippen LogP contribution < -0.4 is 4.90 Å². The number of fused-ring (bicyclic) bond motifs is 2. The van der Waals surface area contributed by atoms with Crippen LogP contribution in [0.5, 0.6) is 17.2 Å². The molecule has 0 radical (unpaired) electrons. The van der Waals surface area contributed by atoms with Crippen molar-refractivity contribution in [2.45, 2.75) is 26.2 Å². The number of carbonyl (C=O) groups excluding carboxylic acids is 2. The van der Waals surface area contributed by atoms with E-state index >= 15 is 0 Å². The van der Waals surface area contributed by atoms with Gasteiger partial charge in [0.1, 0.15) is 17.2 Å². The number of piperidine rings is 1. The molecule has 134 valence electrons. The topological polar surface area (TPSA) is 98.1 Å². The first-order valence-electron chi connectivity index (χ1n) is 8.67. The summed E-state index contributed by atoms with van der Waals surface area (Å²) in [7, 11) is 0. The Morgan fingerprint density at radius 1 is 0.808 bits per heavy atom. The Labute approximate surface area is 150 Å². The summed E-state index contributed by atoms with van der Waals surface area (Å²) in [6.45, 7) is 3.02. The lowest BCUT2D eigenvalue weighted by Gasteiger charge is -2.31. The van der Waals surface area contributed by atoms with Crippen molar-refractivity contribution in [3.63, 3.8) is 0 Å². The Balaban J connectivity index is 1.94. The van der Waals surface area contributed by atoms with Gasteiger partial charge in [0.15, 0.2) is 11.5 Å². The molecule has 1 heterocycles. The van der Waals surface area contributed by atoms with Gasteiger partial charge in [0.2, 0.25) is 5.78 Å². The van der Waals surface area contributed by atoms with Crippen molar-refractivity contribution in [1.82, 2.24) is 0 Å². The molecule has 1 fully saturated rings. The molecule has 2 aromatic rings. The molecule has 0 atom stereocenters. The molecule has 4 rings (SSSR count). The number of anilines is 1. The number of hydrogen-bond donors (Lipinski definition) is 3. The van der Waals surface area contributed by atoms with Crippen molar-refractivity contribution < 1.29 is 24.9 Å². The summed E-state index contributed by atoms with van der Waals surface area (Å²) in [5, 5.41) is 31.4. The van der Waals surface area contributed by atoms with Crippen molar-refractivity contribution in [3.05, 3.63) is 46.0 Å². The number of phenolic OH excluding ortho intramolecular Hbond substituents is 3. The zero-order chi connectivity index (χ0) is 18.6. The first-order chi connectivity index (χ1) is 12.4. The molecule has 0 spiro atoms. The van der Waals surface area contributed by atoms with Crippen molar-refractivity contribution >= 4 is 17.3 Å². The number of nitrogens with zero attached hydrogens (tertiary/aromatic N) is 1. The molecule has 6 heteroatoms. The molecule has 2 aromatic carbocycles. The number of aromatic hydroxyl groups is 3. The van der Waals surface area contributed by atoms with Crippen LogP contribution in [0.15, 0.2) is 18.2 Å². The van der Waals surface area contributed by atoms with E-state index in [1.807, 2.05) is 4.90 Å². The molecule has 26 heavy (non-hydrogen) atoms. The van der Waals surface area contributed by atoms with Gasteiger partial charge in [-0.2, -0.15) is 0 Å². The summed E-state index contributed by atoms with van der Waals surface area (Å²) in [6.07, 6.45) is 2.92. The number of benzene rings is 2. The Kier molecular flexibility index (Phi) is 3.64. The summed E-state index contributed by atoms with van der Waals surface area (Å²) in [5.41, 5.74) is 0.621. The Morgan fingerprint density at radius 3 is 2.15 bits per heavy atom. The van der Waals surface area contributed by atoms with Crippen molar-refractivity contribution in [1.29, 1.82) is 0 Å². The van der Waals surface area contributed by atoms with Gasteiger partial charge in [-0.15, -0.1) is 0 Å². The summed E-state index contributed by atoms with van der Waals surface area (Å²) < 4.78 is 0. The summed E-state index contributed by atoms with van der Waals surface area (Å²) >= 11 is 0. The predicted molar refractivity (Wildman–Crippen MR) is 95.5 cm³/mol. The molecular weight excluding hydrogens is 334 g/mol. The highest BCUT2D eigenvalue weighted by Gasteiger charge is 2.37. The number of aryl methyl sites for hydroxylation is 1. The molecular formula is C20H19NO5. The van der Waals surface area contributed by atoms with Crippen LogP contribution in [0.2, 0.25) is 0 Å². The molecule has 1 aliphatic carbocycles. The van der Waals surface area contributed by atoms with Crippen LogP contribution >= 0.6 is 0 Å². The number of carbonyl (C=O) groups is 2. The van der Waals surface area contributed by atoms with Crippen LogP contribution in [-0.2, 0) is 0 Å². The number of ketones is 2. The van der Waals surface area contributed by atoms with E-state index in [-0.39, 0.29) is 39.4 Å². The lowest BCUT2D eigenvalue weighted by atomic mass is 9.81. The Bertz CT molecular complexity index is 957. The second-order valence-corrected chi connectivity index (χ2v) is 6.93. The molecule has 1 saturated heterocycles. The fourth-order valence-corrected chi connectivity index (χ4v) is 3.94. The Hall–Kier alpha value is -3.02. The van der Waals surface area contributed by atoms with Gasteiger partial charge in [-0.05, 0) is 49.9 Å². The maximum Gasteiger partial charge on any atom is 0.202 e. The van der Waals surface area contributed by atoms with Gasteiger partial charge in [-0.3, -0.25) is 9.59 Å². The van der Waals surface area contributed by atoms with Crippen molar-refractivity contribution in [2.24, 2.45) is 0 Å². The zero-order valence-corrected chi connectivity index (χ0v) is 14.4. The quantitative estimate of drug-likeness (QED) is 0.622. The second-order valence-electron chi connectivity index (χ2n) is 6.93. The van der Waals surface area contributed by atoms with E-state index in [1.54, 1.807) is 6.92 Å². The normalized spacial score (nSPS) is 16.4. The highest BCUT2D eigenvalue weighted by molar-refractivity contribution is 6.31. The van der Waals surface area contributed by atoms with Gasteiger partial charge in [0.25, 0.3) is 0 Å². The van der Waals surface area contributed by atoms with Crippen molar-refractivity contribution in [2.75, 3.05) is 18.0 Å². The third-order valence-electron chi connectivity index (χ3n) is 5.13. The van der Waals surface area contributed by atoms with Crippen LogP contribution in [0.3, 0.4) is 0 Å². The predicted octanol–water partition coefficient (Wildman–Crippen LogP) is 2.88. The van der Waals surface area contributed by atoms with Crippen molar-refractivity contribution in [3.8, 4) is 17.2 Å². The molecule has 3 N–H and O–H groups in total. The standard InChI is InChI=1S/C20H19NO5/c1-10-7-11-15(13(22)8-10)19(25)16-12(18(11)24)9-14(23)17(20(16)26)21-5-3-2-4-6-21/h7-9,22-23,26H,2-6H2,1H3. The first kappa shape index (κ1) is 16.4. The average molecular weight is 353 g/mol. The molecule has 2 aliphatic rings. The fraction of sp³-hybridized carbons (Fsp3) is 0.300. The minimum Gasteiger partial charge on any atom is -0.507 e. The smallest absolute Gasteiger partial charge is 0.202 e. The van der Waals surface area contributed by atoms with Gasteiger partial charge >= 0.3 is 0 Å². The highest BCUT2D eigenvalue weighted by atomic mass is 16.3. The average Bonchev–Trinajstić information content (AvgIpc) is 2.59. The third-order valence-corrected chi connectivity index (χ3v) is 5.13. The molecule has 1 aliphatic heterocycles. The summed E-state index contributed by atoms with van der Waals surface area (Å²) in [4.78, 5) is 27.7. The van der Waals surface area contributed by atoms with E-state index in [9.17, 15) is 24.9 Å². The summed E-state index contributed by atoms with van der Waals surface area (Å²) in [6, 6.07) is 4.20. The molecule has 0 bridgehead atoms. The fourth-order valence-electron chi connectivity index (χ4n) is 3.94. The molecule has 0 unspecified atom stereocenters. The van der Waals surface area contributed by atoms with Crippen LogP contribution in [-0.4, -0.2) is 40.0 Å². The Morgan fingerprint density at radius 2 is 1.46 bits per heavy atom. The van der Waals surface area contributed by atoms with Gasteiger partial charge in [0.05, 0.1) is 11.1 Å². The minimum absolute atomic E-state index is 0.0386. The van der Waals surface area contributed by atoms with E-state index < -0.39 is 17.3 Å². The minimum atomic E-state index is -0.608. The monoisotopic (exact) mass is 353 g/mol. The zero-order valence-electron chi connectivity index (χ0n) is 14.4. The van der Waals surface area contributed by atoms with E-state index in [0.717, 1.165) is 19.3 Å². The van der Waals surface area contributed by atoms with Crippen LogP contribution in [0, 0.1) is 6.92 Å². The molecule has 0 saturated carbocycles. The number of phenols is 3. The maximum atomic E-state index is 13.0. The van der Waals surface area contributed by atoms with Gasteiger partial charge in [-0.25, -0.2) is 0 Å². The van der Waals surface area contributed by atoms with Crippen LogP contribution in [0.25, 0.3) is 0 Å². The van der Waals surface area contributed by atoms with Gasteiger partial charge in [0, 0.05) is 24.2 Å². The van der Waals surface area contributed by atoms with Crippen LogP contribution in [0.4, 0.5) is 5.69 Å². The molecule has 0 amide bonds. The van der Waals surface area contributed by atoms with Gasteiger partial charge < -0.3 is 20.2 Å². The van der Waals surface area contributed by atoms with E-state index in [4.69, 9.17) is 0 Å². The maximum absolute atomic E-state index is 13.0. The lowest BCUT2D eigenvalue weighted by molar-refractivity contribution is 0.0974. The molecule has 6 nitrogen and oxygen atoms in total. The lowest BCUT2D eigenvalue weighted by Crippen LogP contribution is -2.30. The SMILES string of the molecule is Cc1cc(O)c2c(c1)C(=O)c1cc(O)c(N3CCCCC3)c(O)c1C2=O. The van der Waals surface area contributed by atoms with Gasteiger partial charge in [-0.1, -0.05) is 0 Å².